The Morgan fingerprint density at radius 3 is 2.61 bits per heavy atom. The van der Waals surface area contributed by atoms with Crippen LogP contribution in [0.25, 0.3) is 16.8 Å². The van der Waals surface area contributed by atoms with E-state index in [2.05, 4.69) is 15.2 Å². The van der Waals surface area contributed by atoms with Gasteiger partial charge in [0.05, 0.1) is 11.9 Å². The largest absolute Gasteiger partial charge is 0.283 e. The van der Waals surface area contributed by atoms with E-state index in [0.29, 0.717) is 16.7 Å². The van der Waals surface area contributed by atoms with Crippen molar-refractivity contribution in [2.45, 2.75) is 26.7 Å². The zero-order valence-corrected chi connectivity index (χ0v) is 12.8. The van der Waals surface area contributed by atoms with Crippen LogP contribution < -0.4 is 0 Å². The zero-order chi connectivity index (χ0) is 16.1. The van der Waals surface area contributed by atoms with Gasteiger partial charge in [-0.2, -0.15) is 0 Å². The lowest BCUT2D eigenvalue weighted by molar-refractivity contribution is 0.610. The summed E-state index contributed by atoms with van der Waals surface area (Å²) in [6, 6.07) is 3.27. The normalized spacial score (nSPS) is 12.9. The summed E-state index contributed by atoms with van der Waals surface area (Å²) in [5, 5.41) is 8.19. The molecule has 4 nitrogen and oxygen atoms in total. The lowest BCUT2D eigenvalue weighted by Gasteiger charge is -2.20. The third-order valence-electron chi connectivity index (χ3n) is 4.36. The number of nitrogens with zero attached hydrogens (tertiary/aromatic N) is 4. The van der Waals surface area contributed by atoms with Gasteiger partial charge in [-0.3, -0.25) is 9.55 Å². The molecule has 0 saturated heterocycles. The molecule has 0 spiro atoms. The molecule has 3 heterocycles. The van der Waals surface area contributed by atoms with E-state index in [0.717, 1.165) is 41.9 Å². The number of hydrogen-bond acceptors (Lipinski definition) is 3. The maximum Gasteiger partial charge on any atom is 0.145 e. The maximum absolute atomic E-state index is 14.7. The monoisotopic (exact) mass is 312 g/mol. The lowest BCUT2D eigenvalue weighted by atomic mass is 9.95. The van der Waals surface area contributed by atoms with E-state index in [1.165, 1.54) is 12.3 Å². The fourth-order valence-electron chi connectivity index (χ4n) is 3.12. The Hall–Kier alpha value is -2.63. The summed E-state index contributed by atoms with van der Waals surface area (Å²) in [6.07, 6.45) is 4.14. The number of fused-ring (bicyclic) bond motifs is 3. The minimum Gasteiger partial charge on any atom is -0.283 e. The Kier molecular flexibility index (Phi) is 3.01. The molecule has 0 bridgehead atoms. The smallest absolute Gasteiger partial charge is 0.145 e. The summed E-state index contributed by atoms with van der Waals surface area (Å²) >= 11 is 0. The van der Waals surface area contributed by atoms with Crippen LogP contribution in [0.5, 0.6) is 0 Å². The molecular weight excluding hydrogens is 298 g/mol. The number of pyridine rings is 1. The van der Waals surface area contributed by atoms with E-state index in [1.54, 1.807) is 13.0 Å². The van der Waals surface area contributed by atoms with Crippen molar-refractivity contribution in [2.75, 3.05) is 0 Å². The van der Waals surface area contributed by atoms with Gasteiger partial charge < -0.3 is 0 Å². The van der Waals surface area contributed by atoms with E-state index in [1.807, 2.05) is 11.5 Å². The van der Waals surface area contributed by atoms with Crippen molar-refractivity contribution in [1.82, 2.24) is 19.7 Å². The van der Waals surface area contributed by atoms with Gasteiger partial charge in [0.2, 0.25) is 0 Å². The highest BCUT2D eigenvalue weighted by Crippen LogP contribution is 2.33. The number of halogens is 2. The van der Waals surface area contributed by atoms with Crippen molar-refractivity contribution in [1.29, 1.82) is 0 Å². The van der Waals surface area contributed by atoms with Gasteiger partial charge in [0, 0.05) is 23.7 Å². The molecular formula is C17H14F2N4. The summed E-state index contributed by atoms with van der Waals surface area (Å²) in [6.45, 7) is 3.48. The van der Waals surface area contributed by atoms with Crippen molar-refractivity contribution in [3.8, 4) is 16.8 Å². The second-order valence-electron chi connectivity index (χ2n) is 5.75. The molecule has 0 amide bonds. The van der Waals surface area contributed by atoms with Gasteiger partial charge in [0.25, 0.3) is 0 Å². The van der Waals surface area contributed by atoms with Crippen molar-refractivity contribution in [3.63, 3.8) is 0 Å². The molecule has 0 fully saturated rings. The molecule has 3 aromatic rings. The second kappa shape index (κ2) is 4.94. The minimum absolute atomic E-state index is 0.377. The van der Waals surface area contributed by atoms with Gasteiger partial charge in [-0.1, -0.05) is 0 Å². The van der Waals surface area contributed by atoms with Crippen molar-refractivity contribution in [3.05, 3.63) is 58.9 Å². The molecule has 1 aromatic carbocycles. The number of aromatic nitrogens is 4. The van der Waals surface area contributed by atoms with Gasteiger partial charge in [0.1, 0.15) is 23.3 Å². The van der Waals surface area contributed by atoms with E-state index in [9.17, 15) is 8.78 Å². The summed E-state index contributed by atoms with van der Waals surface area (Å²) in [5.41, 5.74) is 3.02. The first-order valence-electron chi connectivity index (χ1n) is 7.40. The second-order valence-corrected chi connectivity index (χ2v) is 5.75. The molecule has 116 valence electrons. The topological polar surface area (TPSA) is 43.6 Å². The van der Waals surface area contributed by atoms with Crippen LogP contribution in [0.2, 0.25) is 0 Å². The van der Waals surface area contributed by atoms with E-state index in [-0.39, 0.29) is 0 Å². The predicted molar refractivity (Wildman–Crippen MR) is 81.4 cm³/mol. The maximum atomic E-state index is 14.7. The van der Waals surface area contributed by atoms with Crippen LogP contribution in [-0.4, -0.2) is 19.7 Å². The lowest BCUT2D eigenvalue weighted by Crippen LogP contribution is -2.14. The van der Waals surface area contributed by atoms with Gasteiger partial charge in [-0.05, 0) is 43.5 Å². The number of aryl methyl sites for hydroxylation is 3. The summed E-state index contributed by atoms with van der Waals surface area (Å²) < 4.78 is 30.3. The van der Waals surface area contributed by atoms with Crippen LogP contribution in [0.3, 0.4) is 0 Å². The van der Waals surface area contributed by atoms with Crippen molar-refractivity contribution >= 4 is 0 Å². The third-order valence-corrected chi connectivity index (χ3v) is 4.36. The first-order valence-corrected chi connectivity index (χ1v) is 7.40. The molecule has 0 atom stereocenters. The molecule has 0 N–H and O–H groups in total. The Morgan fingerprint density at radius 2 is 1.78 bits per heavy atom. The van der Waals surface area contributed by atoms with Crippen molar-refractivity contribution in [2.24, 2.45) is 0 Å². The fraction of sp³-hybridized carbons (Fsp3) is 0.235. The Bertz CT molecular complexity index is 931. The molecule has 0 aliphatic carbocycles. The standard InChI is InChI=1S/C17H14F2N4/c1-9-13(7-20-8-15(9)19)12-5-11-3-4-17-22-21-10(2)23(17)16(11)6-14(12)18/h5-8H,3-4H2,1-2H3. The molecule has 1 aliphatic heterocycles. The summed E-state index contributed by atoms with van der Waals surface area (Å²) in [4.78, 5) is 3.85. The highest BCUT2D eigenvalue weighted by molar-refractivity contribution is 5.70. The highest BCUT2D eigenvalue weighted by Gasteiger charge is 2.22. The van der Waals surface area contributed by atoms with Gasteiger partial charge >= 0.3 is 0 Å². The minimum atomic E-state index is -0.434. The average molecular weight is 312 g/mol. The quantitative estimate of drug-likeness (QED) is 0.692. The number of benzene rings is 1. The zero-order valence-electron chi connectivity index (χ0n) is 12.8. The van der Waals surface area contributed by atoms with Crippen LogP contribution in [0.1, 0.15) is 22.8 Å². The molecule has 23 heavy (non-hydrogen) atoms. The Morgan fingerprint density at radius 1 is 0.957 bits per heavy atom. The molecule has 6 heteroatoms. The van der Waals surface area contributed by atoms with Crippen LogP contribution in [-0.2, 0) is 12.8 Å². The Balaban J connectivity index is 1.94. The molecule has 0 unspecified atom stereocenters. The average Bonchev–Trinajstić information content (AvgIpc) is 2.91. The fourth-order valence-corrected chi connectivity index (χ4v) is 3.12. The summed E-state index contributed by atoms with van der Waals surface area (Å²) in [5.74, 6) is 0.735. The van der Waals surface area contributed by atoms with Gasteiger partial charge in [0.15, 0.2) is 0 Å². The molecule has 2 aromatic heterocycles. The van der Waals surface area contributed by atoms with Crippen LogP contribution in [0, 0.1) is 25.5 Å². The van der Waals surface area contributed by atoms with E-state index in [4.69, 9.17) is 0 Å². The van der Waals surface area contributed by atoms with Crippen molar-refractivity contribution < 1.29 is 8.78 Å². The predicted octanol–water partition coefficient (Wildman–Crippen LogP) is 3.32. The first-order chi connectivity index (χ1) is 11.1. The SMILES string of the molecule is Cc1c(F)cncc1-c1cc2c(cc1F)-n1c(C)nnc1CC2. The van der Waals surface area contributed by atoms with Crippen LogP contribution >= 0.6 is 0 Å². The molecule has 1 aliphatic rings. The highest BCUT2D eigenvalue weighted by atomic mass is 19.1. The third kappa shape index (κ3) is 2.05. The Labute approximate surface area is 131 Å². The van der Waals surface area contributed by atoms with Crippen LogP contribution in [0.15, 0.2) is 24.5 Å². The van der Waals surface area contributed by atoms with E-state index >= 15 is 0 Å². The van der Waals surface area contributed by atoms with Gasteiger partial charge in [-0.25, -0.2) is 8.78 Å². The number of rotatable bonds is 1. The molecule has 0 saturated carbocycles. The number of hydrogen-bond donors (Lipinski definition) is 0. The summed E-state index contributed by atoms with van der Waals surface area (Å²) in [7, 11) is 0. The first kappa shape index (κ1) is 14.0. The van der Waals surface area contributed by atoms with Gasteiger partial charge in [-0.15, -0.1) is 10.2 Å². The van der Waals surface area contributed by atoms with E-state index < -0.39 is 11.6 Å². The molecule has 4 rings (SSSR count). The molecule has 0 radical (unpaired) electrons. The van der Waals surface area contributed by atoms with Crippen LogP contribution in [0.4, 0.5) is 8.78 Å².